The molecule has 0 radical (unpaired) electrons. The van der Waals surface area contributed by atoms with E-state index in [-0.39, 0.29) is 23.3 Å². The van der Waals surface area contributed by atoms with Crippen LogP contribution in [-0.2, 0) is 0 Å². The van der Waals surface area contributed by atoms with E-state index in [1.807, 2.05) is 39.0 Å². The molecule has 0 N–H and O–H groups in total. The van der Waals surface area contributed by atoms with Gasteiger partial charge in [-0.1, -0.05) is 29.3 Å². The van der Waals surface area contributed by atoms with Crippen LogP contribution in [-0.4, -0.2) is 18.1 Å². The summed E-state index contributed by atoms with van der Waals surface area (Å²) in [5, 5.41) is 10.9. The first-order valence-corrected chi connectivity index (χ1v) is 6.47. The number of nitro groups is 1. The zero-order valence-corrected chi connectivity index (χ0v) is 11.6. The Morgan fingerprint density at radius 3 is 2.89 bits per heavy atom. The molecule has 1 aliphatic heterocycles. The Labute approximate surface area is 113 Å². The van der Waals surface area contributed by atoms with E-state index in [9.17, 15) is 10.1 Å². The highest BCUT2D eigenvalue weighted by molar-refractivity contribution is 5.42. The molecular weight excluding hydrogens is 242 g/mol. The number of hydrogen-bond donors (Lipinski definition) is 0. The summed E-state index contributed by atoms with van der Waals surface area (Å²) >= 11 is 0. The topological polar surface area (TPSA) is 52.4 Å². The van der Waals surface area contributed by atoms with E-state index in [1.54, 1.807) is 0 Å². The molecule has 0 saturated heterocycles. The first-order chi connectivity index (χ1) is 8.97. The summed E-state index contributed by atoms with van der Waals surface area (Å²) in [5.74, 6) is 0.758. The van der Waals surface area contributed by atoms with Crippen LogP contribution in [0.3, 0.4) is 0 Å². The van der Waals surface area contributed by atoms with Gasteiger partial charge in [-0.2, -0.15) is 0 Å². The SMILES string of the molecule is CC(C)=C[C@@H]1COc2ccc(C)cc2[C@@H]1C[N+](=O)[O-]. The van der Waals surface area contributed by atoms with Crippen molar-refractivity contribution in [3.63, 3.8) is 0 Å². The lowest BCUT2D eigenvalue weighted by Gasteiger charge is -2.30. The van der Waals surface area contributed by atoms with E-state index in [4.69, 9.17) is 4.74 Å². The molecule has 4 nitrogen and oxygen atoms in total. The van der Waals surface area contributed by atoms with Crippen LogP contribution in [0.2, 0.25) is 0 Å². The van der Waals surface area contributed by atoms with E-state index in [0.29, 0.717) is 6.61 Å². The molecule has 0 saturated carbocycles. The second-order valence-electron chi connectivity index (χ2n) is 5.38. The van der Waals surface area contributed by atoms with Crippen molar-refractivity contribution >= 4 is 0 Å². The van der Waals surface area contributed by atoms with Gasteiger partial charge in [0.25, 0.3) is 0 Å². The third kappa shape index (κ3) is 3.13. The van der Waals surface area contributed by atoms with Gasteiger partial charge in [0.05, 0.1) is 12.5 Å². The smallest absolute Gasteiger partial charge is 0.211 e. The molecule has 0 bridgehead atoms. The van der Waals surface area contributed by atoms with E-state index in [1.165, 1.54) is 0 Å². The summed E-state index contributed by atoms with van der Waals surface area (Å²) in [6, 6.07) is 5.90. The Balaban J connectivity index is 2.41. The summed E-state index contributed by atoms with van der Waals surface area (Å²) < 4.78 is 5.74. The zero-order valence-electron chi connectivity index (χ0n) is 11.6. The van der Waals surface area contributed by atoms with E-state index in [2.05, 4.69) is 6.08 Å². The molecule has 1 aromatic carbocycles. The Bertz CT molecular complexity index is 518. The second-order valence-corrected chi connectivity index (χ2v) is 5.38. The fourth-order valence-electron chi connectivity index (χ4n) is 2.61. The number of allylic oxidation sites excluding steroid dienone is 1. The van der Waals surface area contributed by atoms with Gasteiger partial charge in [0.1, 0.15) is 5.75 Å². The fourth-order valence-corrected chi connectivity index (χ4v) is 2.61. The molecular formula is C15H19NO3. The minimum absolute atomic E-state index is 0.0474. The standard InChI is InChI=1S/C15H19NO3/c1-10(2)6-12-9-19-15-5-4-11(3)7-13(15)14(12)8-16(17)18/h4-7,12,14H,8-9H2,1-3H3/t12-,14-/m1/s1. The largest absolute Gasteiger partial charge is 0.493 e. The van der Waals surface area contributed by atoms with Crippen molar-refractivity contribution in [3.8, 4) is 5.75 Å². The Morgan fingerprint density at radius 1 is 1.53 bits per heavy atom. The summed E-state index contributed by atoms with van der Waals surface area (Å²) in [6.45, 7) is 6.48. The van der Waals surface area contributed by atoms with Crippen molar-refractivity contribution in [2.75, 3.05) is 13.2 Å². The zero-order chi connectivity index (χ0) is 14.0. The van der Waals surface area contributed by atoms with Crippen LogP contribution in [0.1, 0.15) is 30.9 Å². The van der Waals surface area contributed by atoms with Crippen LogP contribution in [0.25, 0.3) is 0 Å². The van der Waals surface area contributed by atoms with Gasteiger partial charge in [-0.25, -0.2) is 0 Å². The van der Waals surface area contributed by atoms with Gasteiger partial charge in [-0.05, 0) is 26.8 Å². The molecule has 0 fully saturated rings. The van der Waals surface area contributed by atoms with E-state index >= 15 is 0 Å². The van der Waals surface area contributed by atoms with Gasteiger partial charge in [-0.3, -0.25) is 10.1 Å². The van der Waals surface area contributed by atoms with Gasteiger partial charge in [0.15, 0.2) is 0 Å². The number of rotatable bonds is 3. The minimum atomic E-state index is -0.228. The third-order valence-corrected chi connectivity index (χ3v) is 3.41. The van der Waals surface area contributed by atoms with Crippen LogP contribution in [0.5, 0.6) is 5.75 Å². The number of nitrogens with zero attached hydrogens (tertiary/aromatic N) is 1. The third-order valence-electron chi connectivity index (χ3n) is 3.41. The van der Waals surface area contributed by atoms with Crippen molar-refractivity contribution in [2.24, 2.45) is 5.92 Å². The number of fused-ring (bicyclic) bond motifs is 1. The number of ether oxygens (including phenoxy) is 1. The Hall–Kier alpha value is -1.84. The lowest BCUT2D eigenvalue weighted by molar-refractivity contribution is -0.484. The number of hydrogen-bond acceptors (Lipinski definition) is 3. The monoisotopic (exact) mass is 261 g/mol. The highest BCUT2D eigenvalue weighted by atomic mass is 16.6. The molecule has 0 aliphatic carbocycles. The van der Waals surface area contributed by atoms with E-state index < -0.39 is 0 Å². The maximum atomic E-state index is 10.9. The van der Waals surface area contributed by atoms with Crippen LogP contribution in [0.15, 0.2) is 29.8 Å². The first kappa shape index (κ1) is 13.6. The average Bonchev–Trinajstić information content (AvgIpc) is 2.31. The molecule has 0 aromatic heterocycles. The average molecular weight is 261 g/mol. The molecule has 2 atom stereocenters. The van der Waals surface area contributed by atoms with Gasteiger partial charge >= 0.3 is 0 Å². The van der Waals surface area contributed by atoms with Crippen molar-refractivity contribution < 1.29 is 9.66 Å². The lowest BCUT2D eigenvalue weighted by atomic mass is 9.82. The lowest BCUT2D eigenvalue weighted by Crippen LogP contribution is -2.29. The van der Waals surface area contributed by atoms with Crippen molar-refractivity contribution in [3.05, 3.63) is 51.1 Å². The molecule has 2 rings (SSSR count). The summed E-state index contributed by atoms with van der Waals surface area (Å²) in [5.41, 5.74) is 3.23. The Kier molecular flexibility index (Phi) is 3.88. The molecule has 4 heteroatoms. The summed E-state index contributed by atoms with van der Waals surface area (Å²) in [4.78, 5) is 10.7. The van der Waals surface area contributed by atoms with Crippen LogP contribution >= 0.6 is 0 Å². The van der Waals surface area contributed by atoms with Crippen molar-refractivity contribution in [1.82, 2.24) is 0 Å². The van der Waals surface area contributed by atoms with Crippen LogP contribution < -0.4 is 4.74 Å². The predicted octanol–water partition coefficient (Wildman–Crippen LogP) is 3.33. The van der Waals surface area contributed by atoms with Crippen LogP contribution in [0, 0.1) is 23.0 Å². The van der Waals surface area contributed by atoms with Crippen molar-refractivity contribution in [2.45, 2.75) is 26.7 Å². The maximum absolute atomic E-state index is 10.9. The van der Waals surface area contributed by atoms with Gasteiger partial charge in [0, 0.05) is 16.4 Å². The van der Waals surface area contributed by atoms with Gasteiger partial charge < -0.3 is 4.74 Å². The quantitative estimate of drug-likeness (QED) is 0.476. The Morgan fingerprint density at radius 2 is 2.26 bits per heavy atom. The predicted molar refractivity (Wildman–Crippen MR) is 74.2 cm³/mol. The molecule has 0 spiro atoms. The molecule has 1 aromatic rings. The molecule has 0 amide bonds. The summed E-state index contributed by atoms with van der Waals surface area (Å²) in [7, 11) is 0. The fraction of sp³-hybridized carbons (Fsp3) is 0.467. The minimum Gasteiger partial charge on any atom is -0.493 e. The van der Waals surface area contributed by atoms with Crippen molar-refractivity contribution in [1.29, 1.82) is 0 Å². The molecule has 1 heterocycles. The molecule has 1 aliphatic rings. The molecule has 102 valence electrons. The molecule has 0 unspecified atom stereocenters. The highest BCUT2D eigenvalue weighted by Gasteiger charge is 2.33. The number of aryl methyl sites for hydroxylation is 1. The van der Waals surface area contributed by atoms with Crippen LogP contribution in [0.4, 0.5) is 0 Å². The molecule has 19 heavy (non-hydrogen) atoms. The van der Waals surface area contributed by atoms with Gasteiger partial charge in [0.2, 0.25) is 6.54 Å². The normalized spacial score (nSPS) is 21.2. The highest BCUT2D eigenvalue weighted by Crippen LogP contribution is 2.38. The van der Waals surface area contributed by atoms with E-state index in [0.717, 1.165) is 22.4 Å². The number of benzene rings is 1. The van der Waals surface area contributed by atoms with Gasteiger partial charge in [-0.15, -0.1) is 0 Å². The first-order valence-electron chi connectivity index (χ1n) is 6.47. The maximum Gasteiger partial charge on any atom is 0.211 e. The second kappa shape index (κ2) is 5.43. The summed E-state index contributed by atoms with van der Waals surface area (Å²) in [6.07, 6.45) is 2.08.